The molecule has 1 fully saturated rings. The Morgan fingerprint density at radius 3 is 2.33 bits per heavy atom. The Bertz CT molecular complexity index is 1210. The van der Waals surface area contributed by atoms with Gasteiger partial charge in [-0.05, 0) is 50.5 Å². The summed E-state index contributed by atoms with van der Waals surface area (Å²) in [7, 11) is 0. The number of urea groups is 1. The predicted molar refractivity (Wildman–Crippen MR) is 126 cm³/mol. The van der Waals surface area contributed by atoms with Gasteiger partial charge in [0.1, 0.15) is 5.54 Å². The lowest BCUT2D eigenvalue weighted by atomic mass is 9.91. The quantitative estimate of drug-likeness (QED) is 0.506. The maximum absolute atomic E-state index is 12.9. The Morgan fingerprint density at radius 1 is 1.06 bits per heavy atom. The van der Waals surface area contributed by atoms with Crippen molar-refractivity contribution in [3.63, 3.8) is 0 Å². The van der Waals surface area contributed by atoms with Crippen LogP contribution in [-0.4, -0.2) is 22.4 Å². The summed E-state index contributed by atoms with van der Waals surface area (Å²) in [6.45, 7) is 8.13. The highest BCUT2D eigenvalue weighted by molar-refractivity contribution is 6.07. The van der Waals surface area contributed by atoms with Gasteiger partial charge in [-0.1, -0.05) is 54.6 Å². The molecule has 1 aliphatic heterocycles. The molecule has 1 saturated heterocycles. The van der Waals surface area contributed by atoms with E-state index in [0.29, 0.717) is 17.7 Å². The molecule has 33 heavy (non-hydrogen) atoms. The highest BCUT2D eigenvalue weighted by Crippen LogP contribution is 2.26. The van der Waals surface area contributed by atoms with Gasteiger partial charge in [-0.3, -0.25) is 14.9 Å². The second-order valence-corrected chi connectivity index (χ2v) is 8.65. The first-order valence-electron chi connectivity index (χ1n) is 11.0. The van der Waals surface area contributed by atoms with Crippen molar-refractivity contribution in [2.24, 2.45) is 0 Å². The molecule has 2 heterocycles. The van der Waals surface area contributed by atoms with E-state index >= 15 is 0 Å². The Labute approximate surface area is 193 Å². The molecule has 4 rings (SSSR count). The summed E-state index contributed by atoms with van der Waals surface area (Å²) in [6.07, 6.45) is 0. The first kappa shape index (κ1) is 22.3. The maximum atomic E-state index is 12.9. The van der Waals surface area contributed by atoms with Gasteiger partial charge in [-0.25, -0.2) is 4.79 Å². The molecule has 4 amide bonds. The number of aromatic nitrogens is 1. The fourth-order valence-electron chi connectivity index (χ4n) is 4.46. The van der Waals surface area contributed by atoms with E-state index in [0.717, 1.165) is 17.0 Å². The van der Waals surface area contributed by atoms with E-state index in [1.54, 1.807) is 19.1 Å². The number of imide groups is 1. The number of nitrogens with one attached hydrogen (secondary N) is 3. The van der Waals surface area contributed by atoms with Crippen molar-refractivity contribution < 1.29 is 14.4 Å². The highest BCUT2D eigenvalue weighted by Gasteiger charge is 2.43. The molecule has 7 heteroatoms. The molecule has 2 atom stereocenters. The zero-order valence-electron chi connectivity index (χ0n) is 19.2. The van der Waals surface area contributed by atoms with E-state index in [2.05, 4.69) is 39.6 Å². The third-order valence-electron chi connectivity index (χ3n) is 6.43. The smallest absolute Gasteiger partial charge is 0.322 e. The van der Waals surface area contributed by atoms with Crippen LogP contribution in [0.15, 0.2) is 60.7 Å². The van der Waals surface area contributed by atoms with Crippen molar-refractivity contribution in [2.45, 2.75) is 45.8 Å². The lowest BCUT2D eigenvalue weighted by Gasteiger charge is -2.21. The molecule has 3 aromatic rings. The largest absolute Gasteiger partial charge is 0.348 e. The fourth-order valence-corrected chi connectivity index (χ4v) is 4.46. The van der Waals surface area contributed by atoms with Crippen LogP contribution in [0, 0.1) is 13.8 Å². The van der Waals surface area contributed by atoms with E-state index in [9.17, 15) is 14.4 Å². The number of rotatable bonds is 6. The number of hydrogen-bond acceptors (Lipinski definition) is 3. The zero-order chi connectivity index (χ0) is 23.8. The third-order valence-corrected chi connectivity index (χ3v) is 6.43. The van der Waals surface area contributed by atoms with Gasteiger partial charge in [0.25, 0.3) is 11.8 Å². The number of benzene rings is 2. The van der Waals surface area contributed by atoms with Gasteiger partial charge < -0.3 is 15.2 Å². The SMILES string of the molecule is Cc1cc(C(=O)NCc2ccc([C@@]3(C)NC(=O)NC3=O)cc2)c(C)n1[C@H](C)c1ccccc1. The molecule has 1 aliphatic rings. The van der Waals surface area contributed by atoms with Crippen molar-refractivity contribution >= 4 is 17.8 Å². The second kappa shape index (κ2) is 8.58. The average molecular weight is 445 g/mol. The number of carbonyl (C=O) groups is 3. The third kappa shape index (κ3) is 4.14. The predicted octanol–water partition coefficient (Wildman–Crippen LogP) is 3.70. The van der Waals surface area contributed by atoms with E-state index in [1.165, 1.54) is 5.56 Å². The van der Waals surface area contributed by atoms with Crippen LogP contribution in [0.4, 0.5) is 4.79 Å². The Morgan fingerprint density at radius 2 is 1.73 bits per heavy atom. The van der Waals surface area contributed by atoms with Gasteiger partial charge >= 0.3 is 6.03 Å². The molecular formula is C26H28N4O3. The lowest BCUT2D eigenvalue weighted by Crippen LogP contribution is -2.40. The molecule has 0 aliphatic carbocycles. The van der Waals surface area contributed by atoms with Crippen molar-refractivity contribution in [1.29, 1.82) is 0 Å². The van der Waals surface area contributed by atoms with Crippen LogP contribution in [0.25, 0.3) is 0 Å². The zero-order valence-corrected chi connectivity index (χ0v) is 19.2. The molecule has 170 valence electrons. The molecule has 0 saturated carbocycles. The summed E-state index contributed by atoms with van der Waals surface area (Å²) < 4.78 is 2.18. The minimum absolute atomic E-state index is 0.120. The molecule has 0 spiro atoms. The van der Waals surface area contributed by atoms with E-state index in [-0.39, 0.29) is 17.9 Å². The fraction of sp³-hybridized carbons (Fsp3) is 0.269. The second-order valence-electron chi connectivity index (χ2n) is 8.65. The molecule has 1 aromatic heterocycles. The number of aryl methyl sites for hydroxylation is 1. The van der Waals surface area contributed by atoms with Crippen molar-refractivity contribution in [2.75, 3.05) is 0 Å². The van der Waals surface area contributed by atoms with Gasteiger partial charge in [0, 0.05) is 17.9 Å². The van der Waals surface area contributed by atoms with Gasteiger partial charge in [0.15, 0.2) is 0 Å². The van der Waals surface area contributed by atoms with Gasteiger partial charge in [0.05, 0.1) is 11.6 Å². The summed E-state index contributed by atoms with van der Waals surface area (Å²) in [5.41, 5.74) is 4.28. The van der Waals surface area contributed by atoms with Crippen molar-refractivity contribution in [3.05, 3.63) is 94.3 Å². The first-order chi connectivity index (χ1) is 15.7. The van der Waals surface area contributed by atoms with Crippen molar-refractivity contribution in [3.8, 4) is 0 Å². The normalized spacial score (nSPS) is 18.5. The molecule has 3 N–H and O–H groups in total. The summed E-state index contributed by atoms with van der Waals surface area (Å²) in [4.78, 5) is 36.6. The highest BCUT2D eigenvalue weighted by atomic mass is 16.2. The number of amides is 4. The molecule has 0 radical (unpaired) electrons. The van der Waals surface area contributed by atoms with Crippen LogP contribution in [0.3, 0.4) is 0 Å². The van der Waals surface area contributed by atoms with E-state index in [1.807, 2.05) is 50.2 Å². The topological polar surface area (TPSA) is 92.2 Å². The molecule has 0 unspecified atom stereocenters. The number of carbonyl (C=O) groups excluding carboxylic acids is 3. The summed E-state index contributed by atoms with van der Waals surface area (Å²) in [6, 6.07) is 19.0. The van der Waals surface area contributed by atoms with Crippen LogP contribution in [0.2, 0.25) is 0 Å². The monoisotopic (exact) mass is 444 g/mol. The van der Waals surface area contributed by atoms with Crippen LogP contribution in [0.5, 0.6) is 0 Å². The Kier molecular flexibility index (Phi) is 5.80. The average Bonchev–Trinajstić information content (AvgIpc) is 3.26. The van der Waals surface area contributed by atoms with Gasteiger partial charge in [0.2, 0.25) is 0 Å². The molecule has 0 bridgehead atoms. The molecule has 7 nitrogen and oxygen atoms in total. The van der Waals surface area contributed by atoms with Gasteiger partial charge in [-0.2, -0.15) is 0 Å². The van der Waals surface area contributed by atoms with Crippen LogP contribution in [-0.2, 0) is 16.9 Å². The maximum Gasteiger partial charge on any atom is 0.322 e. The van der Waals surface area contributed by atoms with Gasteiger partial charge in [-0.15, -0.1) is 0 Å². The van der Waals surface area contributed by atoms with Crippen LogP contribution in [0.1, 0.15) is 58.3 Å². The summed E-state index contributed by atoms with van der Waals surface area (Å²) in [5, 5.41) is 7.90. The molecular weight excluding hydrogens is 416 g/mol. The van der Waals surface area contributed by atoms with Crippen LogP contribution >= 0.6 is 0 Å². The number of hydrogen-bond donors (Lipinski definition) is 3. The standard InChI is InChI=1S/C26H28N4O3/c1-16-14-22(18(3)30(16)17(2)20-8-6-5-7-9-20)23(31)27-15-19-10-12-21(13-11-19)26(4)24(32)28-25(33)29-26/h5-14,17H,15H2,1-4H3,(H,27,31)(H2,28,29,32,33)/t17-,26-/m1/s1. The van der Waals surface area contributed by atoms with Crippen molar-refractivity contribution in [1.82, 2.24) is 20.5 Å². The summed E-state index contributed by atoms with van der Waals surface area (Å²) >= 11 is 0. The minimum atomic E-state index is -1.09. The lowest BCUT2D eigenvalue weighted by molar-refractivity contribution is -0.123. The Balaban J connectivity index is 1.45. The van der Waals surface area contributed by atoms with E-state index in [4.69, 9.17) is 0 Å². The minimum Gasteiger partial charge on any atom is -0.348 e. The van der Waals surface area contributed by atoms with Crippen LogP contribution < -0.4 is 16.0 Å². The molecule has 2 aromatic carbocycles. The Hall–Kier alpha value is -3.87. The first-order valence-corrected chi connectivity index (χ1v) is 11.0. The number of nitrogens with zero attached hydrogens (tertiary/aromatic N) is 1. The summed E-state index contributed by atoms with van der Waals surface area (Å²) in [5.74, 6) is -0.512. The van der Waals surface area contributed by atoms with E-state index < -0.39 is 11.6 Å².